The molecule has 1 heterocycles. The van der Waals surface area contributed by atoms with Crippen LogP contribution >= 0.6 is 0 Å². The second kappa shape index (κ2) is 4.26. The molecular weight excluding hydrogens is 162 g/mol. The minimum Gasteiger partial charge on any atom is -0.345 e. The van der Waals surface area contributed by atoms with Crippen molar-refractivity contribution >= 4 is 5.78 Å². The Bertz CT molecular complexity index is 263. The highest BCUT2D eigenvalue weighted by Gasteiger charge is 2.15. The predicted molar refractivity (Wildman–Crippen MR) is 54.1 cm³/mol. The van der Waals surface area contributed by atoms with E-state index in [-0.39, 0.29) is 5.78 Å². The summed E-state index contributed by atoms with van der Waals surface area (Å²) in [5.74, 6) is 0.172. The van der Waals surface area contributed by atoms with Crippen molar-refractivity contribution < 1.29 is 4.79 Å². The molecule has 0 aromatic carbocycles. The van der Waals surface area contributed by atoms with Crippen molar-refractivity contribution in [1.29, 1.82) is 0 Å². The van der Waals surface area contributed by atoms with E-state index >= 15 is 0 Å². The largest absolute Gasteiger partial charge is 0.345 e. The van der Waals surface area contributed by atoms with Crippen LogP contribution in [0.25, 0.3) is 0 Å². The van der Waals surface area contributed by atoms with E-state index in [1.54, 1.807) is 6.92 Å². The highest BCUT2D eigenvalue weighted by Crippen LogP contribution is 2.18. The lowest BCUT2D eigenvalue weighted by molar-refractivity contribution is -0.114. The smallest absolute Gasteiger partial charge is 0.176 e. The molecule has 0 unspecified atom stereocenters. The Morgan fingerprint density at radius 1 is 1.46 bits per heavy atom. The van der Waals surface area contributed by atoms with Gasteiger partial charge in [-0.2, -0.15) is 0 Å². The van der Waals surface area contributed by atoms with E-state index in [0.717, 1.165) is 25.1 Å². The highest BCUT2D eigenvalue weighted by atomic mass is 16.1. The predicted octanol–water partition coefficient (Wildman–Crippen LogP) is 2.48. The fourth-order valence-corrected chi connectivity index (χ4v) is 1.59. The third-order valence-corrected chi connectivity index (χ3v) is 2.38. The number of hydrogen-bond acceptors (Lipinski definition) is 2. The average molecular weight is 179 g/mol. The van der Waals surface area contributed by atoms with Gasteiger partial charge in [0.05, 0.1) is 5.70 Å². The summed E-state index contributed by atoms with van der Waals surface area (Å²) in [6, 6.07) is 0. The molecule has 0 aromatic rings. The Kier molecular flexibility index (Phi) is 3.29. The molecule has 72 valence electrons. The minimum atomic E-state index is 0.172. The van der Waals surface area contributed by atoms with Gasteiger partial charge in [0, 0.05) is 19.7 Å². The van der Waals surface area contributed by atoms with E-state index in [4.69, 9.17) is 0 Å². The zero-order valence-electron chi connectivity index (χ0n) is 8.63. The first-order chi connectivity index (χ1) is 6.16. The summed E-state index contributed by atoms with van der Waals surface area (Å²) in [6.07, 6.45) is 6.11. The molecule has 0 amide bonds. The molecule has 1 rings (SSSR count). The van der Waals surface area contributed by atoms with E-state index in [0.29, 0.717) is 0 Å². The van der Waals surface area contributed by atoms with Gasteiger partial charge in [0.25, 0.3) is 0 Å². The minimum absolute atomic E-state index is 0.172. The van der Waals surface area contributed by atoms with Crippen molar-refractivity contribution in [2.75, 3.05) is 6.54 Å². The maximum atomic E-state index is 11.4. The lowest BCUT2D eigenvalue weighted by Crippen LogP contribution is -2.20. The van der Waals surface area contributed by atoms with E-state index in [2.05, 4.69) is 17.9 Å². The lowest BCUT2D eigenvalue weighted by Gasteiger charge is -2.19. The van der Waals surface area contributed by atoms with Gasteiger partial charge in [-0.1, -0.05) is 13.0 Å². The number of hydrogen-bond donors (Lipinski definition) is 0. The van der Waals surface area contributed by atoms with Crippen LogP contribution in [0.3, 0.4) is 0 Å². The monoisotopic (exact) mass is 179 g/mol. The zero-order chi connectivity index (χ0) is 9.84. The first kappa shape index (κ1) is 10.0. The first-order valence-electron chi connectivity index (χ1n) is 4.80. The van der Waals surface area contributed by atoms with Crippen LogP contribution in [0.4, 0.5) is 0 Å². The van der Waals surface area contributed by atoms with Gasteiger partial charge in [-0.3, -0.25) is 4.79 Å². The Balaban J connectivity index is 2.91. The van der Waals surface area contributed by atoms with Crippen molar-refractivity contribution in [3.05, 3.63) is 23.5 Å². The number of ketones is 1. The molecule has 0 N–H and O–H groups in total. The fourth-order valence-electron chi connectivity index (χ4n) is 1.59. The average Bonchev–Trinajstić information content (AvgIpc) is 2.56. The summed E-state index contributed by atoms with van der Waals surface area (Å²) in [6.45, 7) is 6.70. The maximum absolute atomic E-state index is 11.4. The normalized spacial score (nSPS) is 17.6. The van der Waals surface area contributed by atoms with Crippen LogP contribution in [-0.2, 0) is 4.79 Å². The fraction of sp³-hybridized carbons (Fsp3) is 0.545. The SMILES string of the molecule is CC/C(C)=C(/C(C)=O)N1C=CCC1. The highest BCUT2D eigenvalue weighted by molar-refractivity contribution is 5.93. The molecule has 0 radical (unpaired) electrons. The molecule has 0 aromatic heterocycles. The molecule has 0 saturated heterocycles. The Morgan fingerprint density at radius 3 is 2.54 bits per heavy atom. The van der Waals surface area contributed by atoms with Gasteiger partial charge in [-0.15, -0.1) is 0 Å². The van der Waals surface area contributed by atoms with Gasteiger partial charge in [-0.25, -0.2) is 0 Å². The van der Waals surface area contributed by atoms with Gasteiger partial charge in [0.1, 0.15) is 0 Å². The number of nitrogens with zero attached hydrogens (tertiary/aromatic N) is 1. The molecule has 2 heteroatoms. The van der Waals surface area contributed by atoms with E-state index in [9.17, 15) is 4.79 Å². The van der Waals surface area contributed by atoms with Crippen LogP contribution in [0, 0.1) is 0 Å². The molecule has 0 fully saturated rings. The van der Waals surface area contributed by atoms with Crippen LogP contribution < -0.4 is 0 Å². The summed E-state index contributed by atoms with van der Waals surface area (Å²) in [7, 11) is 0. The summed E-state index contributed by atoms with van der Waals surface area (Å²) in [4.78, 5) is 13.5. The van der Waals surface area contributed by atoms with Gasteiger partial charge >= 0.3 is 0 Å². The third kappa shape index (κ3) is 2.20. The topological polar surface area (TPSA) is 20.3 Å². The molecule has 0 atom stereocenters. The van der Waals surface area contributed by atoms with Gasteiger partial charge < -0.3 is 4.90 Å². The number of allylic oxidation sites excluding steroid dienone is 2. The van der Waals surface area contributed by atoms with Gasteiger partial charge in [0.15, 0.2) is 5.78 Å². The van der Waals surface area contributed by atoms with Crippen LogP contribution in [0.2, 0.25) is 0 Å². The van der Waals surface area contributed by atoms with Gasteiger partial charge in [0.2, 0.25) is 0 Å². The zero-order valence-corrected chi connectivity index (χ0v) is 8.63. The Morgan fingerprint density at radius 2 is 2.15 bits per heavy atom. The quantitative estimate of drug-likeness (QED) is 0.620. The van der Waals surface area contributed by atoms with Crippen LogP contribution in [0.1, 0.15) is 33.6 Å². The number of Topliss-reactive ketones (excluding diaryl/α,β-unsaturated/α-hetero) is 1. The second-order valence-corrected chi connectivity index (χ2v) is 3.41. The maximum Gasteiger partial charge on any atom is 0.176 e. The molecule has 0 aliphatic carbocycles. The third-order valence-electron chi connectivity index (χ3n) is 2.38. The molecule has 2 nitrogen and oxygen atoms in total. The van der Waals surface area contributed by atoms with Crippen molar-refractivity contribution in [2.45, 2.75) is 33.6 Å². The Labute approximate surface area is 79.9 Å². The van der Waals surface area contributed by atoms with Crippen molar-refractivity contribution in [2.24, 2.45) is 0 Å². The molecule has 1 aliphatic heterocycles. The number of carbonyl (C=O) groups is 1. The lowest BCUT2D eigenvalue weighted by atomic mass is 10.1. The van der Waals surface area contributed by atoms with Gasteiger partial charge in [-0.05, 0) is 25.3 Å². The summed E-state index contributed by atoms with van der Waals surface area (Å²) in [5, 5.41) is 0. The second-order valence-electron chi connectivity index (χ2n) is 3.41. The first-order valence-corrected chi connectivity index (χ1v) is 4.80. The van der Waals surface area contributed by atoms with Crippen molar-refractivity contribution in [3.63, 3.8) is 0 Å². The van der Waals surface area contributed by atoms with Crippen LogP contribution in [0.15, 0.2) is 23.5 Å². The van der Waals surface area contributed by atoms with Crippen LogP contribution in [-0.4, -0.2) is 17.2 Å². The van der Waals surface area contributed by atoms with E-state index < -0.39 is 0 Å². The molecule has 0 spiro atoms. The number of rotatable bonds is 3. The summed E-state index contributed by atoms with van der Waals surface area (Å²) >= 11 is 0. The summed E-state index contributed by atoms with van der Waals surface area (Å²) < 4.78 is 0. The molecule has 0 bridgehead atoms. The molecular formula is C11H17NO. The van der Waals surface area contributed by atoms with Crippen LogP contribution in [0.5, 0.6) is 0 Å². The molecule has 0 saturated carbocycles. The molecule has 13 heavy (non-hydrogen) atoms. The van der Waals surface area contributed by atoms with E-state index in [1.165, 1.54) is 5.57 Å². The standard InChI is InChI=1S/C11H17NO/c1-4-9(2)11(10(3)13)12-7-5-6-8-12/h5,7H,4,6,8H2,1-3H3/b11-9-. The number of carbonyl (C=O) groups excluding carboxylic acids is 1. The van der Waals surface area contributed by atoms with Crippen molar-refractivity contribution in [1.82, 2.24) is 4.90 Å². The molecule has 1 aliphatic rings. The summed E-state index contributed by atoms with van der Waals surface area (Å²) in [5.41, 5.74) is 2.07. The van der Waals surface area contributed by atoms with Crippen molar-refractivity contribution in [3.8, 4) is 0 Å². The Hall–Kier alpha value is -1.05. The van der Waals surface area contributed by atoms with E-state index in [1.807, 2.05) is 13.1 Å².